The fourth-order valence-corrected chi connectivity index (χ4v) is 11.5. The summed E-state index contributed by atoms with van der Waals surface area (Å²) in [4.78, 5) is 10.9. The molecule has 1 saturated carbocycles. The average Bonchev–Trinajstić information content (AvgIpc) is 3.13. The molecule has 0 bridgehead atoms. The van der Waals surface area contributed by atoms with Gasteiger partial charge in [0.25, 0.3) is 0 Å². The lowest BCUT2D eigenvalue weighted by molar-refractivity contribution is -0.205. The molecule has 0 amide bonds. The Morgan fingerprint density at radius 2 is 1.77 bits per heavy atom. The van der Waals surface area contributed by atoms with Crippen LogP contribution < -0.4 is 0 Å². The SMILES string of the molecule is CC(C)[Si](O[C@@]12C[C@@]3(C)O[C@H]3C[C@H]1[C@](Cl)(C#N)C(=O)O2)(C(C)C)C(C)C. The third-order valence-corrected chi connectivity index (χ3v) is 13.5. The summed E-state index contributed by atoms with van der Waals surface area (Å²) < 4.78 is 18.7. The van der Waals surface area contributed by atoms with Gasteiger partial charge in [-0.1, -0.05) is 53.1 Å². The minimum Gasteiger partial charge on any atom is -0.431 e. The van der Waals surface area contributed by atoms with Gasteiger partial charge >= 0.3 is 5.97 Å². The lowest BCUT2D eigenvalue weighted by atomic mass is 9.74. The fraction of sp³-hybridized carbons (Fsp3) is 0.895. The molecule has 2 heterocycles. The van der Waals surface area contributed by atoms with E-state index in [1.54, 1.807) is 0 Å². The molecule has 2 saturated heterocycles. The second kappa shape index (κ2) is 5.94. The number of halogens is 1. The average molecular weight is 400 g/mol. The van der Waals surface area contributed by atoms with Crippen molar-refractivity contribution in [1.29, 1.82) is 5.26 Å². The van der Waals surface area contributed by atoms with Gasteiger partial charge in [-0.15, -0.1) is 0 Å². The zero-order chi connectivity index (χ0) is 19.7. The van der Waals surface area contributed by atoms with E-state index in [-0.39, 0.29) is 11.7 Å². The number of esters is 1. The third-order valence-electron chi connectivity index (χ3n) is 6.88. The van der Waals surface area contributed by atoms with Crippen LogP contribution in [0, 0.1) is 17.2 Å². The van der Waals surface area contributed by atoms with E-state index in [9.17, 15) is 10.1 Å². The molecule has 7 heteroatoms. The van der Waals surface area contributed by atoms with Crippen LogP contribution in [0.5, 0.6) is 0 Å². The second-order valence-corrected chi connectivity index (χ2v) is 15.3. The lowest BCUT2D eigenvalue weighted by Crippen LogP contribution is -2.60. The van der Waals surface area contributed by atoms with Crippen molar-refractivity contribution in [2.75, 3.05) is 0 Å². The van der Waals surface area contributed by atoms with E-state index in [0.717, 1.165) is 0 Å². The molecule has 0 N–H and O–H groups in total. The minimum absolute atomic E-state index is 0.0124. The first-order valence-corrected chi connectivity index (χ1v) is 12.1. The smallest absolute Gasteiger partial charge is 0.344 e. The van der Waals surface area contributed by atoms with Crippen molar-refractivity contribution in [2.24, 2.45) is 5.92 Å². The quantitative estimate of drug-likeness (QED) is 0.294. The van der Waals surface area contributed by atoms with Gasteiger partial charge in [0, 0.05) is 6.42 Å². The molecule has 0 spiro atoms. The monoisotopic (exact) mass is 399 g/mol. The molecule has 0 unspecified atom stereocenters. The molecule has 1 aliphatic carbocycles. The maximum absolute atomic E-state index is 12.6. The molecular weight excluding hydrogens is 370 g/mol. The van der Waals surface area contributed by atoms with Gasteiger partial charge in [0.2, 0.25) is 19.0 Å². The summed E-state index contributed by atoms with van der Waals surface area (Å²) in [5.41, 5.74) is 0.622. The molecular formula is C19H30ClNO4Si. The summed E-state index contributed by atoms with van der Waals surface area (Å²) in [5, 5.41) is 9.67. The largest absolute Gasteiger partial charge is 0.431 e. The maximum Gasteiger partial charge on any atom is 0.344 e. The number of ether oxygens (including phenoxy) is 2. The number of epoxide rings is 1. The van der Waals surface area contributed by atoms with Gasteiger partial charge in [-0.3, -0.25) is 0 Å². The van der Waals surface area contributed by atoms with Gasteiger partial charge in [-0.05, 0) is 30.0 Å². The van der Waals surface area contributed by atoms with Gasteiger partial charge in [0.05, 0.1) is 23.7 Å². The van der Waals surface area contributed by atoms with Crippen molar-refractivity contribution in [3.05, 3.63) is 0 Å². The highest BCUT2D eigenvalue weighted by Crippen LogP contribution is 2.63. The normalized spacial score (nSPS) is 41.8. The topological polar surface area (TPSA) is 71.8 Å². The van der Waals surface area contributed by atoms with E-state index >= 15 is 0 Å². The third kappa shape index (κ3) is 2.51. The van der Waals surface area contributed by atoms with E-state index in [4.69, 9.17) is 25.5 Å². The minimum atomic E-state index is -2.36. The first-order chi connectivity index (χ1) is 11.9. The van der Waals surface area contributed by atoms with Crippen molar-refractivity contribution in [2.45, 2.75) is 100 Å². The molecule has 3 fully saturated rings. The highest BCUT2D eigenvalue weighted by atomic mass is 35.5. The molecule has 0 aromatic carbocycles. The molecule has 5 nitrogen and oxygen atoms in total. The Morgan fingerprint density at radius 3 is 2.23 bits per heavy atom. The summed E-state index contributed by atoms with van der Waals surface area (Å²) >= 11 is 6.51. The number of nitriles is 1. The van der Waals surface area contributed by atoms with E-state index in [1.165, 1.54) is 0 Å². The maximum atomic E-state index is 12.6. The van der Waals surface area contributed by atoms with Crippen LogP contribution >= 0.6 is 11.6 Å². The fourth-order valence-electron chi connectivity index (χ4n) is 5.60. The number of carbonyl (C=O) groups excluding carboxylic acids is 1. The Morgan fingerprint density at radius 1 is 1.23 bits per heavy atom. The van der Waals surface area contributed by atoms with Crippen molar-refractivity contribution in [3.63, 3.8) is 0 Å². The van der Waals surface area contributed by atoms with Crippen molar-refractivity contribution < 1.29 is 18.7 Å². The molecule has 5 atom stereocenters. The zero-order valence-corrected chi connectivity index (χ0v) is 18.5. The number of hydrogen-bond donors (Lipinski definition) is 0. The summed E-state index contributed by atoms with van der Waals surface area (Å²) in [6.07, 6.45) is 0.967. The van der Waals surface area contributed by atoms with E-state index in [2.05, 4.69) is 41.5 Å². The Kier molecular flexibility index (Phi) is 4.60. The molecule has 146 valence electrons. The summed E-state index contributed by atoms with van der Waals surface area (Å²) in [6, 6.07) is 2.01. The summed E-state index contributed by atoms with van der Waals surface area (Å²) in [5.74, 6) is -2.35. The molecule has 0 radical (unpaired) electrons. The van der Waals surface area contributed by atoms with Gasteiger partial charge in [0.15, 0.2) is 0 Å². The Labute approximate surface area is 162 Å². The number of carbonyl (C=O) groups is 1. The molecule has 3 rings (SSSR count). The van der Waals surface area contributed by atoms with Gasteiger partial charge in [-0.25, -0.2) is 4.79 Å². The van der Waals surface area contributed by atoms with Crippen molar-refractivity contribution in [3.8, 4) is 6.07 Å². The number of hydrogen-bond acceptors (Lipinski definition) is 5. The van der Waals surface area contributed by atoms with Crippen LogP contribution in [-0.4, -0.2) is 36.7 Å². The Hall–Kier alpha value is -0.613. The van der Waals surface area contributed by atoms with E-state index < -0.39 is 30.9 Å². The first-order valence-electron chi connectivity index (χ1n) is 9.59. The number of nitrogens with zero attached hydrogens (tertiary/aromatic N) is 1. The molecule has 0 aromatic heterocycles. The van der Waals surface area contributed by atoms with E-state index in [0.29, 0.717) is 29.5 Å². The van der Waals surface area contributed by atoms with Gasteiger partial charge in [-0.2, -0.15) is 5.26 Å². The standard InChI is InChI=1S/C19H30ClNO4Si/c1-11(2)26(12(3)4,13(5)6)25-19-9-17(7)15(23-17)8-14(19)18(20,10-21)16(22)24-19/h11-15H,8-9H2,1-7H3/t14-,15-,17+,18+,19-/m0/s1. The number of rotatable bonds is 5. The van der Waals surface area contributed by atoms with Crippen molar-refractivity contribution in [1.82, 2.24) is 0 Å². The van der Waals surface area contributed by atoms with Crippen LogP contribution in [0.25, 0.3) is 0 Å². The molecule has 3 aliphatic rings. The van der Waals surface area contributed by atoms with Crippen LogP contribution in [0.1, 0.15) is 61.3 Å². The molecule has 2 aliphatic heterocycles. The summed E-state index contributed by atoms with van der Waals surface area (Å²) in [7, 11) is -2.36. The highest BCUT2D eigenvalue weighted by molar-refractivity contribution is 6.77. The Balaban J connectivity index is 2.10. The van der Waals surface area contributed by atoms with Gasteiger partial charge in [0.1, 0.15) is 0 Å². The van der Waals surface area contributed by atoms with Crippen LogP contribution in [0.2, 0.25) is 16.6 Å². The zero-order valence-electron chi connectivity index (χ0n) is 16.8. The first kappa shape index (κ1) is 20.1. The lowest BCUT2D eigenvalue weighted by Gasteiger charge is -2.50. The van der Waals surface area contributed by atoms with Crippen LogP contribution in [0.15, 0.2) is 0 Å². The van der Waals surface area contributed by atoms with E-state index in [1.807, 2.05) is 13.0 Å². The predicted molar refractivity (Wildman–Crippen MR) is 101 cm³/mol. The second-order valence-electron chi connectivity index (χ2n) is 9.33. The van der Waals surface area contributed by atoms with Crippen molar-refractivity contribution >= 4 is 25.9 Å². The van der Waals surface area contributed by atoms with Gasteiger partial charge < -0.3 is 13.9 Å². The number of fused-ring (bicyclic) bond motifs is 2. The highest BCUT2D eigenvalue weighted by Gasteiger charge is 2.76. The van der Waals surface area contributed by atoms with Crippen LogP contribution in [0.4, 0.5) is 0 Å². The number of alkyl halides is 1. The van der Waals surface area contributed by atoms with Crippen LogP contribution in [0.3, 0.4) is 0 Å². The Bertz CT molecular complexity index is 641. The summed E-state index contributed by atoms with van der Waals surface area (Å²) in [6.45, 7) is 15.2. The molecule has 0 aromatic rings. The predicted octanol–water partition coefficient (Wildman–Crippen LogP) is 4.50. The van der Waals surface area contributed by atoms with Crippen LogP contribution in [-0.2, 0) is 18.7 Å². The molecule has 26 heavy (non-hydrogen) atoms.